The summed E-state index contributed by atoms with van der Waals surface area (Å²) in [5.41, 5.74) is 1.30. The van der Waals surface area contributed by atoms with E-state index in [1.54, 1.807) is 6.07 Å². The Morgan fingerprint density at radius 3 is 2.42 bits per heavy atom. The van der Waals surface area contributed by atoms with E-state index in [9.17, 15) is 17.6 Å². The van der Waals surface area contributed by atoms with Crippen LogP contribution in [0.3, 0.4) is 0 Å². The molecule has 0 saturated carbocycles. The van der Waals surface area contributed by atoms with Crippen molar-refractivity contribution >= 4 is 21.6 Å². The van der Waals surface area contributed by atoms with Crippen LogP contribution in [-0.2, 0) is 26.8 Å². The fraction of sp³-hybridized carbons (Fsp3) is 0.458. The summed E-state index contributed by atoms with van der Waals surface area (Å²) in [5.74, 6) is 0.166. The van der Waals surface area contributed by atoms with Crippen LogP contribution in [0.15, 0.2) is 36.4 Å². The molecule has 0 aromatic heterocycles. The Bertz CT molecular complexity index is 1070. The third-order valence-electron chi connectivity index (χ3n) is 4.71. The number of nitrogens with one attached hydrogen (secondary N) is 2. The van der Waals surface area contributed by atoms with Crippen molar-refractivity contribution in [2.24, 2.45) is 0 Å². The van der Waals surface area contributed by atoms with Gasteiger partial charge in [0.1, 0.15) is 17.3 Å². The number of hydrogen-bond acceptors (Lipinski definition) is 5. The summed E-state index contributed by atoms with van der Waals surface area (Å²) in [6.07, 6.45) is 2.92. The molecule has 2 aromatic carbocycles. The fourth-order valence-electron chi connectivity index (χ4n) is 3.01. The van der Waals surface area contributed by atoms with E-state index in [-0.39, 0.29) is 30.2 Å². The van der Waals surface area contributed by atoms with Crippen molar-refractivity contribution in [3.63, 3.8) is 0 Å². The molecule has 0 fully saturated rings. The predicted molar refractivity (Wildman–Crippen MR) is 128 cm³/mol. The minimum atomic E-state index is -3.58. The Labute approximate surface area is 195 Å². The summed E-state index contributed by atoms with van der Waals surface area (Å²) in [6, 6.07) is 9.56. The van der Waals surface area contributed by atoms with Gasteiger partial charge in [-0.25, -0.2) is 12.8 Å². The molecule has 0 saturated heterocycles. The van der Waals surface area contributed by atoms with Crippen molar-refractivity contribution in [1.82, 2.24) is 5.32 Å². The van der Waals surface area contributed by atoms with Gasteiger partial charge in [0, 0.05) is 12.6 Å². The third-order valence-corrected chi connectivity index (χ3v) is 5.30. The van der Waals surface area contributed by atoms with E-state index in [0.717, 1.165) is 30.4 Å². The number of carbonyl (C=O) groups is 1. The number of unbranched alkanes of at least 4 members (excludes halogenated alkanes) is 1. The van der Waals surface area contributed by atoms with Crippen LogP contribution >= 0.6 is 0 Å². The van der Waals surface area contributed by atoms with Crippen molar-refractivity contribution < 1.29 is 27.1 Å². The molecule has 0 bridgehead atoms. The molecule has 2 rings (SSSR count). The largest absolute Gasteiger partial charge is 0.493 e. The van der Waals surface area contributed by atoms with Crippen molar-refractivity contribution in [1.29, 1.82) is 0 Å². The Kier molecular flexibility index (Phi) is 9.10. The Balaban J connectivity index is 1.95. The maximum atomic E-state index is 14.1. The van der Waals surface area contributed by atoms with Crippen LogP contribution in [0.2, 0.25) is 0 Å². The number of hydrogen-bond donors (Lipinski definition) is 2. The van der Waals surface area contributed by atoms with Gasteiger partial charge < -0.3 is 14.8 Å². The molecule has 2 aromatic rings. The number of sulfonamides is 1. The highest BCUT2D eigenvalue weighted by Crippen LogP contribution is 2.34. The molecular formula is C24H33FN2O5S. The molecule has 0 unspecified atom stereocenters. The van der Waals surface area contributed by atoms with Crippen LogP contribution in [0.1, 0.15) is 51.7 Å². The molecule has 0 radical (unpaired) electrons. The molecule has 0 heterocycles. The maximum Gasteiger partial charge on any atom is 0.258 e. The zero-order valence-electron chi connectivity index (χ0n) is 19.8. The van der Waals surface area contributed by atoms with Gasteiger partial charge in [0.05, 0.1) is 18.6 Å². The minimum absolute atomic E-state index is 0.0760. The van der Waals surface area contributed by atoms with Gasteiger partial charge in [0.15, 0.2) is 6.61 Å². The lowest BCUT2D eigenvalue weighted by Gasteiger charge is -2.23. The SMILES string of the molecule is CCCCOc1cc(OCC(=O)NCc2ccc(NS(C)(=O)=O)c(F)c2)ccc1C(C)(C)C. The monoisotopic (exact) mass is 480 g/mol. The average molecular weight is 481 g/mol. The first-order valence-electron chi connectivity index (χ1n) is 10.8. The van der Waals surface area contributed by atoms with Gasteiger partial charge in [-0.05, 0) is 41.2 Å². The smallest absolute Gasteiger partial charge is 0.258 e. The van der Waals surface area contributed by atoms with E-state index < -0.39 is 15.8 Å². The summed E-state index contributed by atoms with van der Waals surface area (Å²) >= 11 is 0. The third kappa shape index (κ3) is 8.92. The van der Waals surface area contributed by atoms with Crippen LogP contribution < -0.4 is 19.5 Å². The topological polar surface area (TPSA) is 93.7 Å². The van der Waals surface area contributed by atoms with Crippen LogP contribution in [0.5, 0.6) is 11.5 Å². The molecule has 1 amide bonds. The van der Waals surface area contributed by atoms with Gasteiger partial charge in [-0.15, -0.1) is 0 Å². The molecule has 0 spiro atoms. The van der Waals surface area contributed by atoms with E-state index in [1.165, 1.54) is 18.2 Å². The molecule has 9 heteroatoms. The Hall–Kier alpha value is -2.81. The standard InChI is InChI=1S/C24H33FN2O5S/c1-6-7-12-31-22-14-18(9-10-19(22)24(2,3)4)32-16-23(28)26-15-17-8-11-21(20(25)13-17)27-33(5,29)30/h8-11,13-14,27H,6-7,12,15-16H2,1-5H3,(H,26,28). The molecule has 0 atom stereocenters. The summed E-state index contributed by atoms with van der Waals surface area (Å²) in [4.78, 5) is 12.2. The first-order chi connectivity index (χ1) is 15.4. The second kappa shape index (κ2) is 11.4. The van der Waals surface area contributed by atoms with Gasteiger partial charge in [-0.3, -0.25) is 9.52 Å². The van der Waals surface area contributed by atoms with Gasteiger partial charge in [-0.2, -0.15) is 0 Å². The average Bonchev–Trinajstić information content (AvgIpc) is 2.71. The van der Waals surface area contributed by atoms with Crippen molar-refractivity contribution in [3.05, 3.63) is 53.3 Å². The molecule has 182 valence electrons. The quantitative estimate of drug-likeness (QED) is 0.466. The molecule has 0 aliphatic heterocycles. The Morgan fingerprint density at radius 1 is 1.09 bits per heavy atom. The number of halogens is 1. The molecule has 33 heavy (non-hydrogen) atoms. The first kappa shape index (κ1) is 26.4. The molecular weight excluding hydrogens is 447 g/mol. The minimum Gasteiger partial charge on any atom is -0.493 e. The van der Waals surface area contributed by atoms with Crippen LogP contribution in [-0.4, -0.2) is 33.8 Å². The summed E-state index contributed by atoms with van der Waals surface area (Å²) in [5, 5.41) is 2.66. The van der Waals surface area contributed by atoms with E-state index in [0.29, 0.717) is 17.9 Å². The highest BCUT2D eigenvalue weighted by Gasteiger charge is 2.20. The van der Waals surface area contributed by atoms with Crippen LogP contribution in [0, 0.1) is 5.82 Å². The van der Waals surface area contributed by atoms with E-state index in [1.807, 2.05) is 12.1 Å². The van der Waals surface area contributed by atoms with E-state index in [4.69, 9.17) is 9.47 Å². The number of rotatable bonds is 11. The van der Waals surface area contributed by atoms with E-state index >= 15 is 0 Å². The Morgan fingerprint density at radius 2 is 1.82 bits per heavy atom. The first-order valence-corrected chi connectivity index (χ1v) is 12.7. The zero-order valence-corrected chi connectivity index (χ0v) is 20.6. The van der Waals surface area contributed by atoms with Crippen LogP contribution in [0.25, 0.3) is 0 Å². The summed E-state index contributed by atoms with van der Waals surface area (Å²) in [6.45, 7) is 8.90. The van der Waals surface area contributed by atoms with Gasteiger partial charge in [0.2, 0.25) is 10.0 Å². The maximum absolute atomic E-state index is 14.1. The fourth-order valence-corrected chi connectivity index (χ4v) is 3.57. The van der Waals surface area contributed by atoms with Crippen LogP contribution in [0.4, 0.5) is 10.1 Å². The summed E-state index contributed by atoms with van der Waals surface area (Å²) < 4.78 is 50.2. The second-order valence-electron chi connectivity index (χ2n) is 8.86. The molecule has 0 aliphatic rings. The zero-order chi connectivity index (χ0) is 24.6. The lowest BCUT2D eigenvalue weighted by atomic mass is 9.86. The number of carbonyl (C=O) groups excluding carboxylic acids is 1. The van der Waals surface area contributed by atoms with E-state index in [2.05, 4.69) is 37.7 Å². The molecule has 2 N–H and O–H groups in total. The van der Waals surface area contributed by atoms with Crippen molar-refractivity contribution in [2.75, 3.05) is 24.2 Å². The van der Waals surface area contributed by atoms with Crippen molar-refractivity contribution in [3.8, 4) is 11.5 Å². The van der Waals surface area contributed by atoms with Gasteiger partial charge in [-0.1, -0.05) is 46.2 Å². The number of amides is 1. The number of ether oxygens (including phenoxy) is 2. The van der Waals surface area contributed by atoms with Gasteiger partial charge >= 0.3 is 0 Å². The number of benzene rings is 2. The highest BCUT2D eigenvalue weighted by atomic mass is 32.2. The highest BCUT2D eigenvalue weighted by molar-refractivity contribution is 7.92. The van der Waals surface area contributed by atoms with Gasteiger partial charge in [0.25, 0.3) is 5.91 Å². The second-order valence-corrected chi connectivity index (χ2v) is 10.6. The predicted octanol–water partition coefficient (Wildman–Crippen LogP) is 4.37. The lowest BCUT2D eigenvalue weighted by molar-refractivity contribution is -0.123. The molecule has 0 aliphatic carbocycles. The molecule has 7 nitrogen and oxygen atoms in total. The lowest BCUT2D eigenvalue weighted by Crippen LogP contribution is -2.28. The summed E-state index contributed by atoms with van der Waals surface area (Å²) in [7, 11) is -3.58. The van der Waals surface area contributed by atoms with Crippen molar-refractivity contribution in [2.45, 2.75) is 52.5 Å². The normalized spacial score (nSPS) is 11.7. The number of anilines is 1.